The summed E-state index contributed by atoms with van der Waals surface area (Å²) in [5, 5.41) is 12.6. The van der Waals surface area contributed by atoms with E-state index < -0.39 is 47.8 Å². The third-order valence-corrected chi connectivity index (χ3v) is 5.92. The van der Waals surface area contributed by atoms with Gasteiger partial charge in [0.05, 0.1) is 28.2 Å². The van der Waals surface area contributed by atoms with Gasteiger partial charge in [0.2, 0.25) is 9.84 Å². The maximum atomic E-state index is 13.2. The second-order valence-corrected chi connectivity index (χ2v) is 7.47. The number of hydrogen-bond acceptors (Lipinski definition) is 6. The van der Waals surface area contributed by atoms with E-state index in [9.17, 15) is 31.7 Å². The van der Waals surface area contributed by atoms with Gasteiger partial charge in [0.25, 0.3) is 0 Å². The van der Waals surface area contributed by atoms with Crippen LogP contribution < -0.4 is 10.1 Å². The Hall–Kier alpha value is -2.53. The van der Waals surface area contributed by atoms with Crippen LogP contribution in [0.5, 0.6) is 5.75 Å². The summed E-state index contributed by atoms with van der Waals surface area (Å²) in [7, 11) is -3.21. The van der Waals surface area contributed by atoms with Crippen molar-refractivity contribution >= 4 is 38.5 Å². The Labute approximate surface area is 149 Å². The molecule has 1 aliphatic heterocycles. The zero-order valence-corrected chi connectivity index (χ0v) is 14.3. The van der Waals surface area contributed by atoms with Gasteiger partial charge in [-0.05, 0) is 18.2 Å². The van der Waals surface area contributed by atoms with E-state index in [0.717, 1.165) is 6.07 Å². The summed E-state index contributed by atoms with van der Waals surface area (Å²) in [6.45, 7) is 0. The number of fused-ring (bicyclic) bond motifs is 2. The number of alkyl halides is 3. The van der Waals surface area contributed by atoms with Crippen molar-refractivity contribution in [1.29, 1.82) is 0 Å². The molecule has 1 heterocycles. The van der Waals surface area contributed by atoms with Crippen molar-refractivity contribution in [3.8, 4) is 5.75 Å². The highest BCUT2D eigenvalue weighted by atomic mass is 35.5. The van der Waals surface area contributed by atoms with E-state index in [2.05, 4.69) is 5.32 Å². The lowest BCUT2D eigenvalue weighted by Gasteiger charge is -2.23. The standard InChI is InChI=1S/C14H8ClF3N2O5S/c1-25-6-2-3-8-9(4-6)26(23,24)10-5-7(14(16,17)18)11(15)13(20(21)22)12(10)19-8/h2-5,19H,1H3. The van der Waals surface area contributed by atoms with Gasteiger partial charge in [-0.2, -0.15) is 13.2 Å². The van der Waals surface area contributed by atoms with E-state index in [-0.39, 0.29) is 22.4 Å². The number of sulfone groups is 1. The molecule has 0 spiro atoms. The molecule has 3 rings (SSSR count). The zero-order chi connectivity index (χ0) is 19.4. The van der Waals surface area contributed by atoms with Crippen molar-refractivity contribution in [3.05, 3.63) is 45.0 Å². The predicted octanol–water partition coefficient (Wildman–Crippen LogP) is 4.17. The van der Waals surface area contributed by atoms with Crippen LogP contribution in [0.3, 0.4) is 0 Å². The summed E-state index contributed by atoms with van der Waals surface area (Å²) in [5.74, 6) is 0.150. The SMILES string of the molecule is COc1ccc2c(c1)S(=O)(=O)c1cc(C(F)(F)F)c(Cl)c([N+](=O)[O-])c1N2. The normalized spacial score (nSPS) is 14.8. The van der Waals surface area contributed by atoms with Crippen LogP contribution in [-0.4, -0.2) is 20.5 Å². The molecular formula is C14H8ClF3N2O5S. The summed E-state index contributed by atoms with van der Waals surface area (Å²) < 4.78 is 70.1. The van der Waals surface area contributed by atoms with Crippen LogP contribution in [0.1, 0.15) is 5.56 Å². The van der Waals surface area contributed by atoms with Gasteiger partial charge in [0.1, 0.15) is 21.4 Å². The molecule has 0 saturated heterocycles. The lowest BCUT2D eigenvalue weighted by Crippen LogP contribution is -2.18. The monoisotopic (exact) mass is 408 g/mol. The summed E-state index contributed by atoms with van der Waals surface area (Å²) in [5.41, 5.74) is -3.44. The number of nitro benzene ring substituents is 1. The Morgan fingerprint density at radius 3 is 2.42 bits per heavy atom. The molecule has 0 amide bonds. The molecule has 1 aliphatic rings. The molecule has 2 aromatic carbocycles. The van der Waals surface area contributed by atoms with E-state index in [4.69, 9.17) is 16.3 Å². The summed E-state index contributed by atoms with van der Waals surface area (Å²) in [6.07, 6.45) is -5.08. The van der Waals surface area contributed by atoms with Gasteiger partial charge >= 0.3 is 11.9 Å². The third-order valence-electron chi connectivity index (χ3n) is 3.72. The second kappa shape index (κ2) is 5.74. The molecule has 0 fully saturated rings. The Balaban J connectivity index is 2.41. The largest absolute Gasteiger partial charge is 0.497 e. The molecular weight excluding hydrogens is 401 g/mol. The molecule has 0 bridgehead atoms. The third kappa shape index (κ3) is 2.63. The van der Waals surface area contributed by atoms with Gasteiger partial charge in [-0.3, -0.25) is 10.1 Å². The van der Waals surface area contributed by atoms with E-state index in [0.29, 0.717) is 0 Å². The molecule has 2 aromatic rings. The van der Waals surface area contributed by atoms with Crippen LogP contribution in [0, 0.1) is 10.1 Å². The molecule has 12 heteroatoms. The number of nitrogens with one attached hydrogen (secondary N) is 1. The number of ether oxygens (including phenoxy) is 1. The summed E-state index contributed by atoms with van der Waals surface area (Å²) in [4.78, 5) is 8.88. The molecule has 0 radical (unpaired) electrons. The van der Waals surface area contributed by atoms with Crippen molar-refractivity contribution < 1.29 is 31.2 Å². The van der Waals surface area contributed by atoms with E-state index in [1.54, 1.807) is 0 Å². The van der Waals surface area contributed by atoms with Crippen molar-refractivity contribution in [2.75, 3.05) is 12.4 Å². The minimum atomic E-state index is -5.08. The van der Waals surface area contributed by atoms with Crippen molar-refractivity contribution in [2.45, 2.75) is 16.0 Å². The molecule has 0 aromatic heterocycles. The predicted molar refractivity (Wildman–Crippen MR) is 84.8 cm³/mol. The molecule has 0 unspecified atom stereocenters. The quantitative estimate of drug-likeness (QED) is 0.505. The van der Waals surface area contributed by atoms with Crippen molar-refractivity contribution in [2.24, 2.45) is 0 Å². The highest BCUT2D eigenvalue weighted by molar-refractivity contribution is 7.92. The minimum Gasteiger partial charge on any atom is -0.497 e. The second-order valence-electron chi connectivity index (χ2n) is 5.21. The van der Waals surface area contributed by atoms with E-state index >= 15 is 0 Å². The van der Waals surface area contributed by atoms with E-state index in [1.807, 2.05) is 0 Å². The van der Waals surface area contributed by atoms with Crippen LogP contribution in [0.15, 0.2) is 34.1 Å². The first-order valence-corrected chi connectivity index (χ1v) is 8.63. The first-order chi connectivity index (χ1) is 12.0. The Bertz CT molecular complexity index is 1050. The molecule has 0 aliphatic carbocycles. The average molecular weight is 409 g/mol. The van der Waals surface area contributed by atoms with Gasteiger partial charge in [-0.1, -0.05) is 11.6 Å². The first-order valence-electron chi connectivity index (χ1n) is 6.76. The fourth-order valence-electron chi connectivity index (χ4n) is 2.54. The Kier molecular flexibility index (Phi) is 4.03. The highest BCUT2D eigenvalue weighted by Crippen LogP contribution is 2.51. The Morgan fingerprint density at radius 1 is 1.23 bits per heavy atom. The van der Waals surface area contributed by atoms with Gasteiger partial charge in [0.15, 0.2) is 0 Å². The molecule has 138 valence electrons. The number of nitrogens with zero attached hydrogens (tertiary/aromatic N) is 1. The zero-order valence-electron chi connectivity index (χ0n) is 12.7. The first kappa shape index (κ1) is 18.3. The minimum absolute atomic E-state index is 0.0442. The molecule has 7 nitrogen and oxygen atoms in total. The van der Waals surface area contributed by atoms with Gasteiger partial charge in [-0.15, -0.1) is 0 Å². The van der Waals surface area contributed by atoms with E-state index in [1.165, 1.54) is 19.2 Å². The summed E-state index contributed by atoms with van der Waals surface area (Å²) in [6, 6.07) is 4.07. The Morgan fingerprint density at radius 2 is 1.88 bits per heavy atom. The van der Waals surface area contributed by atoms with Crippen LogP contribution in [-0.2, 0) is 16.0 Å². The van der Waals surface area contributed by atoms with Gasteiger partial charge < -0.3 is 10.1 Å². The molecule has 0 atom stereocenters. The van der Waals surface area contributed by atoms with Crippen molar-refractivity contribution in [3.63, 3.8) is 0 Å². The topological polar surface area (TPSA) is 98.5 Å². The van der Waals surface area contributed by atoms with Gasteiger partial charge in [0, 0.05) is 6.07 Å². The lowest BCUT2D eigenvalue weighted by atomic mass is 10.1. The van der Waals surface area contributed by atoms with Crippen molar-refractivity contribution in [1.82, 2.24) is 0 Å². The van der Waals surface area contributed by atoms with Crippen LogP contribution in [0.2, 0.25) is 5.02 Å². The van der Waals surface area contributed by atoms with Crippen LogP contribution in [0.25, 0.3) is 0 Å². The number of methoxy groups -OCH3 is 1. The fourth-order valence-corrected chi connectivity index (χ4v) is 4.47. The number of benzene rings is 2. The van der Waals surface area contributed by atoms with Crippen LogP contribution >= 0.6 is 11.6 Å². The summed E-state index contributed by atoms with van der Waals surface area (Å²) >= 11 is 5.58. The smallest absolute Gasteiger partial charge is 0.418 e. The number of hydrogen-bond donors (Lipinski definition) is 1. The number of rotatable bonds is 2. The number of nitro groups is 1. The molecule has 26 heavy (non-hydrogen) atoms. The number of anilines is 2. The maximum Gasteiger partial charge on any atom is 0.418 e. The highest BCUT2D eigenvalue weighted by Gasteiger charge is 2.43. The fraction of sp³-hybridized carbons (Fsp3) is 0.143. The van der Waals surface area contributed by atoms with Gasteiger partial charge in [-0.25, -0.2) is 8.42 Å². The molecule has 0 saturated carbocycles. The average Bonchev–Trinajstić information content (AvgIpc) is 2.52. The maximum absolute atomic E-state index is 13.2. The number of halogens is 4. The lowest BCUT2D eigenvalue weighted by molar-refractivity contribution is -0.384. The molecule has 1 N–H and O–H groups in total. The van der Waals surface area contributed by atoms with Crippen LogP contribution in [0.4, 0.5) is 30.2 Å².